The molecule has 7 nitrogen and oxygen atoms in total. The van der Waals surface area contributed by atoms with Crippen molar-refractivity contribution >= 4 is 23.5 Å². The lowest BCUT2D eigenvalue weighted by atomic mass is 9.95. The number of benzene rings is 2. The quantitative estimate of drug-likeness (QED) is 0.669. The van der Waals surface area contributed by atoms with Gasteiger partial charge in [-0.15, -0.1) is 0 Å². The van der Waals surface area contributed by atoms with Crippen LogP contribution in [0.4, 0.5) is 5.69 Å². The van der Waals surface area contributed by atoms with E-state index in [0.29, 0.717) is 17.7 Å². The number of hydrogen-bond donors (Lipinski definition) is 0. The summed E-state index contributed by atoms with van der Waals surface area (Å²) in [5.41, 5.74) is 0.444. The van der Waals surface area contributed by atoms with Crippen LogP contribution in [0, 0.1) is 0 Å². The average Bonchev–Trinajstić information content (AvgIpc) is 3.12. The number of methoxy groups -OCH3 is 1. The first-order chi connectivity index (χ1) is 14.9. The van der Waals surface area contributed by atoms with Gasteiger partial charge in [0.2, 0.25) is 11.6 Å². The topological polar surface area (TPSA) is 76.1 Å². The summed E-state index contributed by atoms with van der Waals surface area (Å²) in [4.78, 5) is 42.7. The highest BCUT2D eigenvalue weighted by molar-refractivity contribution is 6.15. The van der Waals surface area contributed by atoms with Crippen molar-refractivity contribution in [3.63, 3.8) is 0 Å². The van der Waals surface area contributed by atoms with E-state index >= 15 is 0 Å². The van der Waals surface area contributed by atoms with E-state index < -0.39 is 11.6 Å². The summed E-state index contributed by atoms with van der Waals surface area (Å²) in [5.74, 6) is -0.253. The van der Waals surface area contributed by atoms with E-state index in [1.807, 2.05) is 38.1 Å². The second-order valence-corrected chi connectivity index (χ2v) is 8.07. The second-order valence-electron chi connectivity index (χ2n) is 8.07. The van der Waals surface area contributed by atoms with Crippen molar-refractivity contribution in [1.29, 1.82) is 0 Å². The minimum absolute atomic E-state index is 0.150. The molecule has 0 spiro atoms. The summed E-state index contributed by atoms with van der Waals surface area (Å²) < 4.78 is 10.8. The molecule has 0 unspecified atom stereocenters. The van der Waals surface area contributed by atoms with Gasteiger partial charge < -0.3 is 14.4 Å². The monoisotopic (exact) mass is 422 g/mol. The first-order valence-corrected chi connectivity index (χ1v) is 10.5. The number of rotatable bonds is 6. The molecule has 2 aliphatic rings. The fourth-order valence-electron chi connectivity index (χ4n) is 4.54. The number of carbonyl (C=O) groups is 3. The zero-order valence-electron chi connectivity index (χ0n) is 18.0. The van der Waals surface area contributed by atoms with Gasteiger partial charge in [-0.05, 0) is 43.7 Å². The van der Waals surface area contributed by atoms with Gasteiger partial charge in [0.15, 0.2) is 0 Å². The average molecular weight is 422 g/mol. The summed E-state index contributed by atoms with van der Waals surface area (Å²) in [7, 11) is 1.61. The maximum atomic E-state index is 13.5. The Bertz CT molecular complexity index is 1020. The maximum Gasteiger partial charge on any atom is 0.353 e. The van der Waals surface area contributed by atoms with E-state index in [1.165, 1.54) is 9.80 Å². The smallest absolute Gasteiger partial charge is 0.353 e. The lowest BCUT2D eigenvalue weighted by Crippen LogP contribution is -2.70. The Kier molecular flexibility index (Phi) is 5.43. The SMILES string of the molecule is COc1ccc(CCOC(=O)[C@@]23CCC(=O)N2c2ccccc2C(=O)N3C(C)C)cc1. The second kappa shape index (κ2) is 8.06. The summed E-state index contributed by atoms with van der Waals surface area (Å²) in [6.07, 6.45) is 0.913. The van der Waals surface area contributed by atoms with Crippen molar-refractivity contribution in [2.45, 2.75) is 44.8 Å². The van der Waals surface area contributed by atoms with E-state index in [4.69, 9.17) is 9.47 Å². The molecule has 0 radical (unpaired) electrons. The predicted molar refractivity (Wildman–Crippen MR) is 115 cm³/mol. The molecular weight excluding hydrogens is 396 g/mol. The van der Waals surface area contributed by atoms with Crippen molar-refractivity contribution < 1.29 is 23.9 Å². The summed E-state index contributed by atoms with van der Waals surface area (Å²) in [6.45, 7) is 3.84. The Hall–Kier alpha value is -3.35. The molecule has 4 rings (SSSR count). The van der Waals surface area contributed by atoms with Gasteiger partial charge in [0.1, 0.15) is 5.75 Å². The number of para-hydroxylation sites is 1. The number of carbonyl (C=O) groups excluding carboxylic acids is 3. The van der Waals surface area contributed by atoms with Crippen LogP contribution in [-0.2, 0) is 20.7 Å². The summed E-state index contributed by atoms with van der Waals surface area (Å²) in [6, 6.07) is 14.2. The van der Waals surface area contributed by atoms with Crippen molar-refractivity contribution in [2.75, 3.05) is 18.6 Å². The molecule has 2 aromatic rings. The molecule has 0 aromatic heterocycles. The zero-order valence-corrected chi connectivity index (χ0v) is 18.0. The number of ether oxygens (including phenoxy) is 2. The fourth-order valence-corrected chi connectivity index (χ4v) is 4.54. The maximum absolute atomic E-state index is 13.5. The van der Waals surface area contributed by atoms with Gasteiger partial charge in [-0.1, -0.05) is 24.3 Å². The van der Waals surface area contributed by atoms with E-state index in [9.17, 15) is 14.4 Å². The minimum atomic E-state index is -1.45. The van der Waals surface area contributed by atoms with Crippen LogP contribution < -0.4 is 9.64 Å². The highest BCUT2D eigenvalue weighted by Crippen LogP contribution is 2.45. The van der Waals surface area contributed by atoms with Crippen LogP contribution in [0.1, 0.15) is 42.6 Å². The number of hydrogen-bond acceptors (Lipinski definition) is 5. The molecule has 1 saturated heterocycles. The molecule has 31 heavy (non-hydrogen) atoms. The lowest BCUT2D eigenvalue weighted by molar-refractivity contribution is -0.158. The number of nitrogens with zero attached hydrogens (tertiary/aromatic N) is 2. The number of esters is 1. The highest BCUT2D eigenvalue weighted by atomic mass is 16.5. The Labute approximate surface area is 181 Å². The standard InChI is InChI=1S/C24H26N2O5/c1-16(2)25-22(28)19-6-4-5-7-20(19)26-21(27)12-14-24(25,26)23(29)31-15-13-17-8-10-18(30-3)11-9-17/h4-11,16H,12-15H2,1-3H3/t24-/m1/s1. The Morgan fingerprint density at radius 2 is 1.81 bits per heavy atom. The van der Waals surface area contributed by atoms with Gasteiger partial charge in [0, 0.05) is 25.3 Å². The van der Waals surface area contributed by atoms with Crippen molar-refractivity contribution in [3.8, 4) is 5.75 Å². The Morgan fingerprint density at radius 3 is 2.48 bits per heavy atom. The summed E-state index contributed by atoms with van der Waals surface area (Å²) >= 11 is 0. The largest absolute Gasteiger partial charge is 0.497 e. The van der Waals surface area contributed by atoms with E-state index in [2.05, 4.69) is 0 Å². The van der Waals surface area contributed by atoms with Crippen LogP contribution in [0.2, 0.25) is 0 Å². The van der Waals surface area contributed by atoms with Crippen LogP contribution in [0.5, 0.6) is 5.75 Å². The molecule has 2 aromatic carbocycles. The molecule has 2 heterocycles. The van der Waals surface area contributed by atoms with Crippen LogP contribution in [0.25, 0.3) is 0 Å². The lowest BCUT2D eigenvalue weighted by Gasteiger charge is -2.50. The van der Waals surface area contributed by atoms with Crippen molar-refractivity contribution in [1.82, 2.24) is 4.90 Å². The third-order valence-corrected chi connectivity index (χ3v) is 5.93. The van der Waals surface area contributed by atoms with Gasteiger partial charge in [0.25, 0.3) is 5.91 Å². The van der Waals surface area contributed by atoms with E-state index in [0.717, 1.165) is 11.3 Å². The van der Waals surface area contributed by atoms with Gasteiger partial charge in [-0.3, -0.25) is 14.5 Å². The molecule has 1 atom stereocenters. The molecule has 162 valence electrons. The van der Waals surface area contributed by atoms with E-state index in [1.54, 1.807) is 31.4 Å². The van der Waals surface area contributed by atoms with Crippen LogP contribution >= 0.6 is 0 Å². The number of amides is 2. The highest BCUT2D eigenvalue weighted by Gasteiger charge is 2.62. The zero-order chi connectivity index (χ0) is 22.2. The van der Waals surface area contributed by atoms with Gasteiger partial charge in [0.05, 0.1) is 25.0 Å². The van der Waals surface area contributed by atoms with Gasteiger partial charge in [-0.25, -0.2) is 4.79 Å². The molecule has 0 N–H and O–H groups in total. The van der Waals surface area contributed by atoms with E-state index in [-0.39, 0.29) is 37.3 Å². The first kappa shape index (κ1) is 20.9. The fraction of sp³-hybridized carbons (Fsp3) is 0.375. The van der Waals surface area contributed by atoms with Crippen LogP contribution in [0.15, 0.2) is 48.5 Å². The first-order valence-electron chi connectivity index (χ1n) is 10.5. The minimum Gasteiger partial charge on any atom is -0.497 e. The Balaban J connectivity index is 1.62. The van der Waals surface area contributed by atoms with Gasteiger partial charge >= 0.3 is 5.97 Å². The molecular formula is C24H26N2O5. The summed E-state index contributed by atoms with van der Waals surface area (Å²) in [5, 5.41) is 0. The molecule has 0 aliphatic carbocycles. The number of fused-ring (bicyclic) bond motifs is 3. The molecule has 7 heteroatoms. The molecule has 1 fully saturated rings. The molecule has 0 bridgehead atoms. The van der Waals surface area contributed by atoms with Crippen molar-refractivity contribution in [2.24, 2.45) is 0 Å². The molecule has 2 amide bonds. The van der Waals surface area contributed by atoms with Crippen LogP contribution in [-0.4, -0.2) is 48.1 Å². The third-order valence-electron chi connectivity index (χ3n) is 5.93. The third kappa shape index (κ3) is 3.34. The normalized spacial score (nSPS) is 20.0. The molecule has 2 aliphatic heterocycles. The van der Waals surface area contributed by atoms with Crippen LogP contribution in [0.3, 0.4) is 0 Å². The predicted octanol–water partition coefficient (Wildman–Crippen LogP) is 3.17. The van der Waals surface area contributed by atoms with Crippen molar-refractivity contribution in [3.05, 3.63) is 59.7 Å². The van der Waals surface area contributed by atoms with Gasteiger partial charge in [-0.2, -0.15) is 0 Å². The molecule has 0 saturated carbocycles. The number of anilines is 1. The Morgan fingerprint density at radius 1 is 1.10 bits per heavy atom.